The summed E-state index contributed by atoms with van der Waals surface area (Å²) < 4.78 is 5.95. The molecule has 2 aliphatic heterocycles. The number of ether oxygens (including phenoxy) is 1. The number of carbonyl (C=O) groups is 2. The second-order valence-corrected chi connectivity index (χ2v) is 7.45. The summed E-state index contributed by atoms with van der Waals surface area (Å²) in [5.41, 5.74) is 1.25. The fourth-order valence-corrected chi connectivity index (χ4v) is 4.08. The highest BCUT2D eigenvalue weighted by atomic mass is 16.5. The number of fused-ring (bicyclic) bond motifs is 1. The smallest absolute Gasteiger partial charge is 0.242 e. The summed E-state index contributed by atoms with van der Waals surface area (Å²) in [6, 6.07) is 14.7. The molecule has 2 heterocycles. The molecule has 2 amide bonds. The molecule has 2 aromatic rings. The van der Waals surface area contributed by atoms with E-state index >= 15 is 0 Å². The molecule has 2 saturated heterocycles. The Morgan fingerprint density at radius 2 is 1.93 bits per heavy atom. The lowest BCUT2D eigenvalue weighted by molar-refractivity contribution is -0.146. The third-order valence-electron chi connectivity index (χ3n) is 5.57. The molecule has 1 atom stereocenters. The van der Waals surface area contributed by atoms with Crippen LogP contribution in [0.15, 0.2) is 42.5 Å². The fourth-order valence-electron chi connectivity index (χ4n) is 4.08. The van der Waals surface area contributed by atoms with Crippen molar-refractivity contribution in [2.24, 2.45) is 0 Å². The third-order valence-corrected chi connectivity index (χ3v) is 5.57. The van der Waals surface area contributed by atoms with Gasteiger partial charge in [-0.05, 0) is 29.2 Å². The minimum atomic E-state index is -0.00874. The number of nitrogens with zero attached hydrogens (tertiary/aromatic N) is 2. The van der Waals surface area contributed by atoms with E-state index in [2.05, 4.69) is 36.4 Å². The molecule has 0 saturated carbocycles. The molecule has 5 heteroatoms. The van der Waals surface area contributed by atoms with E-state index in [9.17, 15) is 9.59 Å². The van der Waals surface area contributed by atoms with Gasteiger partial charge in [0.15, 0.2) is 0 Å². The maximum Gasteiger partial charge on any atom is 0.242 e. The number of amides is 2. The van der Waals surface area contributed by atoms with Crippen molar-refractivity contribution in [1.82, 2.24) is 9.80 Å². The van der Waals surface area contributed by atoms with Crippen molar-refractivity contribution >= 4 is 22.6 Å². The first-order valence-electron chi connectivity index (χ1n) is 9.84. The van der Waals surface area contributed by atoms with Gasteiger partial charge in [-0.3, -0.25) is 9.59 Å². The second-order valence-electron chi connectivity index (χ2n) is 7.45. The van der Waals surface area contributed by atoms with Crippen LogP contribution in [0.4, 0.5) is 0 Å². The minimum Gasteiger partial charge on any atom is -0.374 e. The van der Waals surface area contributed by atoms with Crippen molar-refractivity contribution in [2.45, 2.75) is 31.8 Å². The van der Waals surface area contributed by atoms with Gasteiger partial charge in [0.05, 0.1) is 19.3 Å². The van der Waals surface area contributed by atoms with E-state index in [0.29, 0.717) is 32.7 Å². The number of benzene rings is 2. The highest BCUT2D eigenvalue weighted by Crippen LogP contribution is 2.22. The van der Waals surface area contributed by atoms with E-state index in [1.54, 1.807) is 4.90 Å². The molecular weight excluding hydrogens is 340 g/mol. The highest BCUT2D eigenvalue weighted by Gasteiger charge is 2.28. The summed E-state index contributed by atoms with van der Waals surface area (Å²) in [6.45, 7) is 2.65. The van der Waals surface area contributed by atoms with E-state index in [4.69, 9.17) is 4.74 Å². The molecule has 2 aromatic carbocycles. The van der Waals surface area contributed by atoms with Crippen LogP contribution in [0.25, 0.3) is 10.8 Å². The van der Waals surface area contributed by atoms with Crippen molar-refractivity contribution in [3.8, 4) is 0 Å². The van der Waals surface area contributed by atoms with Crippen LogP contribution in [0, 0.1) is 0 Å². The van der Waals surface area contributed by atoms with Gasteiger partial charge in [-0.25, -0.2) is 0 Å². The standard InChI is InChI=1S/C22H26N2O3/c25-21-10-3-4-11-23(21)16-22(26)24-12-13-27-19(15-24)14-18-8-5-7-17-6-1-2-9-20(17)18/h1-2,5-9,19H,3-4,10-16H2. The number of rotatable bonds is 4. The van der Waals surface area contributed by atoms with Crippen molar-refractivity contribution in [1.29, 1.82) is 0 Å². The molecule has 2 aliphatic rings. The van der Waals surface area contributed by atoms with E-state index in [1.165, 1.54) is 16.3 Å². The van der Waals surface area contributed by atoms with Crippen LogP contribution in [0.5, 0.6) is 0 Å². The van der Waals surface area contributed by atoms with Crippen LogP contribution < -0.4 is 0 Å². The lowest BCUT2D eigenvalue weighted by atomic mass is 9.99. The van der Waals surface area contributed by atoms with E-state index in [1.807, 2.05) is 11.0 Å². The van der Waals surface area contributed by atoms with Crippen molar-refractivity contribution in [3.63, 3.8) is 0 Å². The summed E-state index contributed by atoms with van der Waals surface area (Å²) in [7, 11) is 0. The highest BCUT2D eigenvalue weighted by molar-refractivity contribution is 5.86. The van der Waals surface area contributed by atoms with Gasteiger partial charge in [0, 0.05) is 32.5 Å². The molecule has 5 nitrogen and oxygen atoms in total. The first-order valence-corrected chi connectivity index (χ1v) is 9.84. The summed E-state index contributed by atoms with van der Waals surface area (Å²) >= 11 is 0. The first kappa shape index (κ1) is 18.0. The van der Waals surface area contributed by atoms with Crippen LogP contribution >= 0.6 is 0 Å². The van der Waals surface area contributed by atoms with E-state index in [-0.39, 0.29) is 24.5 Å². The lowest BCUT2D eigenvalue weighted by Gasteiger charge is -2.35. The fraction of sp³-hybridized carbons (Fsp3) is 0.455. The van der Waals surface area contributed by atoms with Crippen LogP contribution in [0.2, 0.25) is 0 Å². The van der Waals surface area contributed by atoms with E-state index < -0.39 is 0 Å². The molecular formula is C22H26N2O3. The van der Waals surface area contributed by atoms with Crippen LogP contribution in [0.3, 0.4) is 0 Å². The molecule has 142 valence electrons. The molecule has 27 heavy (non-hydrogen) atoms. The maximum atomic E-state index is 12.7. The van der Waals surface area contributed by atoms with E-state index in [0.717, 1.165) is 19.3 Å². The zero-order chi connectivity index (χ0) is 18.6. The lowest BCUT2D eigenvalue weighted by Crippen LogP contribution is -2.51. The molecule has 0 aromatic heterocycles. The molecule has 0 N–H and O–H groups in total. The van der Waals surface area contributed by atoms with Crippen LogP contribution in [-0.4, -0.2) is 60.5 Å². The van der Waals surface area contributed by atoms with Gasteiger partial charge in [-0.1, -0.05) is 42.5 Å². The largest absolute Gasteiger partial charge is 0.374 e. The predicted molar refractivity (Wildman–Crippen MR) is 104 cm³/mol. The second kappa shape index (κ2) is 8.09. The quantitative estimate of drug-likeness (QED) is 0.836. The molecule has 2 fully saturated rings. The third kappa shape index (κ3) is 4.14. The minimum absolute atomic E-state index is 0.00874. The van der Waals surface area contributed by atoms with Crippen molar-refractivity contribution in [2.75, 3.05) is 32.8 Å². The van der Waals surface area contributed by atoms with Gasteiger partial charge in [-0.15, -0.1) is 0 Å². The molecule has 0 aliphatic carbocycles. The monoisotopic (exact) mass is 366 g/mol. The molecule has 0 bridgehead atoms. The number of carbonyl (C=O) groups excluding carboxylic acids is 2. The Bertz CT molecular complexity index is 830. The molecule has 0 radical (unpaired) electrons. The summed E-state index contributed by atoms with van der Waals surface area (Å²) in [5.74, 6) is 0.145. The van der Waals surface area contributed by atoms with Gasteiger partial charge in [0.25, 0.3) is 0 Å². The zero-order valence-electron chi connectivity index (χ0n) is 15.6. The van der Waals surface area contributed by atoms with Gasteiger partial charge >= 0.3 is 0 Å². The average Bonchev–Trinajstić information content (AvgIpc) is 2.70. The molecule has 0 spiro atoms. The summed E-state index contributed by atoms with van der Waals surface area (Å²) in [5, 5.41) is 2.47. The number of hydrogen-bond acceptors (Lipinski definition) is 3. The summed E-state index contributed by atoms with van der Waals surface area (Å²) in [6.07, 6.45) is 3.28. The Labute approximate surface area is 159 Å². The topological polar surface area (TPSA) is 49.9 Å². The number of piperidine rings is 1. The first-order chi connectivity index (χ1) is 13.2. The van der Waals surface area contributed by atoms with Gasteiger partial charge in [-0.2, -0.15) is 0 Å². The normalized spacial score (nSPS) is 20.9. The van der Waals surface area contributed by atoms with Crippen molar-refractivity contribution in [3.05, 3.63) is 48.0 Å². The Hall–Kier alpha value is -2.40. The van der Waals surface area contributed by atoms with Crippen LogP contribution in [0.1, 0.15) is 24.8 Å². The van der Waals surface area contributed by atoms with Gasteiger partial charge in [0.1, 0.15) is 0 Å². The predicted octanol–water partition coefficient (Wildman–Crippen LogP) is 2.62. The maximum absolute atomic E-state index is 12.7. The molecule has 4 rings (SSSR count). The van der Waals surface area contributed by atoms with Crippen LogP contribution in [-0.2, 0) is 20.7 Å². The number of morpholine rings is 1. The van der Waals surface area contributed by atoms with Gasteiger partial charge < -0.3 is 14.5 Å². The summed E-state index contributed by atoms with van der Waals surface area (Å²) in [4.78, 5) is 28.2. The Kier molecular flexibility index (Phi) is 5.39. The molecule has 1 unspecified atom stereocenters. The number of likely N-dealkylation sites (tertiary alicyclic amines) is 1. The van der Waals surface area contributed by atoms with Gasteiger partial charge in [0.2, 0.25) is 11.8 Å². The Morgan fingerprint density at radius 1 is 1.07 bits per heavy atom. The number of hydrogen-bond donors (Lipinski definition) is 0. The van der Waals surface area contributed by atoms with Crippen molar-refractivity contribution < 1.29 is 14.3 Å². The zero-order valence-corrected chi connectivity index (χ0v) is 15.6. The Balaban J connectivity index is 1.40. The average molecular weight is 366 g/mol. The Morgan fingerprint density at radius 3 is 2.81 bits per heavy atom. The SMILES string of the molecule is O=C1CCCCN1CC(=O)N1CCOC(Cc2cccc3ccccc23)C1.